The van der Waals surface area contributed by atoms with Gasteiger partial charge in [-0.1, -0.05) is 0 Å². The topological polar surface area (TPSA) is 163 Å². The zero-order chi connectivity index (χ0) is 27.6. The average molecular weight is 557 g/mol. The number of urea groups is 1. The molecule has 0 radical (unpaired) electrons. The number of primary amides is 1. The van der Waals surface area contributed by atoms with Crippen LogP contribution in [0.5, 0.6) is 0 Å². The minimum Gasteiger partial charge on any atom is -0.364 e. The lowest BCUT2D eigenvalue weighted by Crippen LogP contribution is -2.54. The Balaban J connectivity index is 1.24. The van der Waals surface area contributed by atoms with Crippen molar-refractivity contribution in [2.24, 2.45) is 11.1 Å². The number of hydrogen-bond acceptors (Lipinski definition) is 9. The van der Waals surface area contributed by atoms with Gasteiger partial charge in [0, 0.05) is 50.7 Å². The van der Waals surface area contributed by atoms with Crippen molar-refractivity contribution < 1.29 is 18.0 Å². The monoisotopic (exact) mass is 556 g/mol. The van der Waals surface area contributed by atoms with Gasteiger partial charge in [0.05, 0.1) is 11.1 Å². The minimum atomic E-state index is -3.33. The lowest BCUT2D eigenvalue weighted by atomic mass is 9.78. The highest BCUT2D eigenvalue weighted by Gasteiger charge is 2.38. The molecule has 5 N–H and O–H groups in total. The van der Waals surface area contributed by atoms with Crippen molar-refractivity contribution in [2.75, 3.05) is 55.7 Å². The number of benzene rings is 1. The van der Waals surface area contributed by atoms with E-state index in [0.717, 1.165) is 64.7 Å². The number of carbonyl (C=O) groups excluding carboxylic acids is 2. The van der Waals surface area contributed by atoms with Crippen LogP contribution in [0, 0.1) is 5.41 Å². The van der Waals surface area contributed by atoms with Gasteiger partial charge in [-0.2, -0.15) is 0 Å². The lowest BCUT2D eigenvalue weighted by molar-refractivity contribution is 0.0996. The Morgan fingerprint density at radius 1 is 1.13 bits per heavy atom. The molecule has 39 heavy (non-hydrogen) atoms. The number of anilines is 3. The first-order chi connectivity index (χ1) is 18.6. The molecule has 1 atom stereocenters. The summed E-state index contributed by atoms with van der Waals surface area (Å²) in [4.78, 5) is 38.1. The number of piperidine rings is 2. The van der Waals surface area contributed by atoms with Gasteiger partial charge in [-0.25, -0.2) is 23.2 Å². The summed E-state index contributed by atoms with van der Waals surface area (Å²) in [5.74, 6) is 0.00885. The Kier molecular flexibility index (Phi) is 7.63. The van der Waals surface area contributed by atoms with Crippen molar-refractivity contribution in [1.82, 2.24) is 25.5 Å². The fourth-order valence-electron chi connectivity index (χ4n) is 5.70. The van der Waals surface area contributed by atoms with E-state index in [1.807, 2.05) is 9.80 Å². The third-order valence-corrected chi connectivity index (χ3v) is 9.18. The molecule has 0 saturated carbocycles. The normalized spacial score (nSPS) is 21.1. The summed E-state index contributed by atoms with van der Waals surface area (Å²) in [6, 6.07) is 6.08. The maximum Gasteiger partial charge on any atom is 0.317 e. The Hall–Kier alpha value is -3.45. The molecule has 0 bridgehead atoms. The highest BCUT2D eigenvalue weighted by Crippen LogP contribution is 2.37. The van der Waals surface area contributed by atoms with E-state index in [4.69, 9.17) is 5.73 Å². The third kappa shape index (κ3) is 6.25. The number of nitrogens with zero attached hydrogens (tertiary/aromatic N) is 4. The highest BCUT2D eigenvalue weighted by atomic mass is 32.2. The fourth-order valence-corrected chi connectivity index (χ4v) is 6.33. The summed E-state index contributed by atoms with van der Waals surface area (Å²) in [7, 11) is -3.33. The number of carbonyl (C=O) groups is 2. The van der Waals surface area contributed by atoms with Crippen LogP contribution in [0.15, 0.2) is 35.4 Å². The van der Waals surface area contributed by atoms with Crippen molar-refractivity contribution in [1.29, 1.82) is 0 Å². The summed E-state index contributed by atoms with van der Waals surface area (Å²) in [6.45, 7) is 4.99. The zero-order valence-corrected chi connectivity index (χ0v) is 23.0. The summed E-state index contributed by atoms with van der Waals surface area (Å²) >= 11 is 0. The van der Waals surface area contributed by atoms with Gasteiger partial charge < -0.3 is 31.5 Å². The predicted molar refractivity (Wildman–Crippen MR) is 148 cm³/mol. The van der Waals surface area contributed by atoms with Crippen molar-refractivity contribution in [2.45, 2.75) is 43.0 Å². The number of nitrogens with two attached hydrogens (primary N) is 1. The molecular formula is C26H36N8O4S. The van der Waals surface area contributed by atoms with Crippen LogP contribution >= 0.6 is 0 Å². The second-order valence-corrected chi connectivity index (χ2v) is 12.9. The van der Waals surface area contributed by atoms with E-state index in [-0.39, 0.29) is 28.5 Å². The molecule has 3 amide bonds. The van der Waals surface area contributed by atoms with Crippen LogP contribution in [0.4, 0.5) is 22.1 Å². The van der Waals surface area contributed by atoms with Crippen LogP contribution in [-0.4, -0.2) is 86.8 Å². The van der Waals surface area contributed by atoms with Crippen LogP contribution in [0.3, 0.4) is 0 Å². The van der Waals surface area contributed by atoms with E-state index in [2.05, 4.69) is 25.9 Å². The van der Waals surface area contributed by atoms with E-state index in [1.54, 1.807) is 12.1 Å². The molecule has 12 nitrogen and oxygen atoms in total. The molecule has 4 heterocycles. The van der Waals surface area contributed by atoms with E-state index in [1.165, 1.54) is 24.8 Å². The first-order valence-electron chi connectivity index (χ1n) is 13.4. The van der Waals surface area contributed by atoms with Gasteiger partial charge in [0.1, 0.15) is 5.82 Å². The molecule has 210 valence electrons. The molecule has 0 aliphatic carbocycles. The standard InChI is InChI=1S/C26H36N8O4S/c1-39(37,38)20-6-4-18(5-7-20)30-24-22(23(27)35)29-15-21(32-24)34-12-2-3-19(16-34)31-25(36)33-13-9-26(10-14-33)8-11-28-17-26/h4-7,15,19,28H,2-3,8-14,16-17H2,1H3,(H2,27,35)(H,30,32)(H,31,36). The summed E-state index contributed by atoms with van der Waals surface area (Å²) in [5, 5.41) is 9.71. The maximum absolute atomic E-state index is 13.0. The number of aromatic nitrogens is 2. The molecule has 5 rings (SSSR count). The third-order valence-electron chi connectivity index (χ3n) is 8.05. The molecule has 3 saturated heterocycles. The largest absolute Gasteiger partial charge is 0.364 e. The molecule has 3 aliphatic heterocycles. The molecule has 13 heteroatoms. The smallest absolute Gasteiger partial charge is 0.317 e. The van der Waals surface area contributed by atoms with Crippen LogP contribution in [0.25, 0.3) is 0 Å². The van der Waals surface area contributed by atoms with Crippen LogP contribution in [0.2, 0.25) is 0 Å². The molecule has 3 fully saturated rings. The number of nitrogens with one attached hydrogen (secondary N) is 3. The maximum atomic E-state index is 13.0. The Morgan fingerprint density at radius 2 is 1.87 bits per heavy atom. The molecule has 1 aromatic heterocycles. The Morgan fingerprint density at radius 3 is 2.51 bits per heavy atom. The van der Waals surface area contributed by atoms with Crippen LogP contribution in [0.1, 0.15) is 42.6 Å². The van der Waals surface area contributed by atoms with Gasteiger partial charge in [0.2, 0.25) is 0 Å². The molecule has 1 unspecified atom stereocenters. The van der Waals surface area contributed by atoms with Gasteiger partial charge in [-0.05, 0) is 68.3 Å². The van der Waals surface area contributed by atoms with Gasteiger partial charge in [0.15, 0.2) is 21.3 Å². The highest BCUT2D eigenvalue weighted by molar-refractivity contribution is 7.90. The summed E-state index contributed by atoms with van der Waals surface area (Å²) in [5.41, 5.74) is 6.41. The minimum absolute atomic E-state index is 0.0160. The van der Waals surface area contributed by atoms with Gasteiger partial charge >= 0.3 is 6.03 Å². The zero-order valence-electron chi connectivity index (χ0n) is 22.1. The number of rotatable bonds is 6. The first-order valence-corrected chi connectivity index (χ1v) is 15.3. The molecule has 2 aromatic rings. The molecule has 1 spiro atoms. The molecular weight excluding hydrogens is 520 g/mol. The predicted octanol–water partition coefficient (Wildman–Crippen LogP) is 1.48. The summed E-state index contributed by atoms with van der Waals surface area (Å²) < 4.78 is 23.5. The number of amides is 3. The second-order valence-electron chi connectivity index (χ2n) is 10.9. The fraction of sp³-hybridized carbons (Fsp3) is 0.538. The average Bonchev–Trinajstić information content (AvgIpc) is 3.36. The SMILES string of the molecule is CS(=O)(=O)c1ccc(Nc2nc(N3CCCC(NC(=O)N4CCC5(CCNC5)CC4)C3)cnc2C(N)=O)cc1. The second kappa shape index (κ2) is 11.0. The van der Waals surface area contributed by atoms with E-state index < -0.39 is 15.7 Å². The van der Waals surface area contributed by atoms with Crippen molar-refractivity contribution in [3.63, 3.8) is 0 Å². The number of hydrogen-bond donors (Lipinski definition) is 4. The quantitative estimate of drug-likeness (QED) is 0.413. The van der Waals surface area contributed by atoms with Crippen molar-refractivity contribution >= 4 is 39.1 Å². The summed E-state index contributed by atoms with van der Waals surface area (Å²) in [6.07, 6.45) is 7.67. The van der Waals surface area contributed by atoms with Gasteiger partial charge in [-0.15, -0.1) is 0 Å². The van der Waals surface area contributed by atoms with E-state index in [0.29, 0.717) is 23.5 Å². The van der Waals surface area contributed by atoms with E-state index >= 15 is 0 Å². The first kappa shape index (κ1) is 27.1. The van der Waals surface area contributed by atoms with E-state index in [9.17, 15) is 18.0 Å². The van der Waals surface area contributed by atoms with Crippen LogP contribution in [-0.2, 0) is 9.84 Å². The number of likely N-dealkylation sites (tertiary alicyclic amines) is 1. The van der Waals surface area contributed by atoms with Crippen molar-refractivity contribution in [3.05, 3.63) is 36.2 Å². The Bertz CT molecular complexity index is 1320. The van der Waals surface area contributed by atoms with Gasteiger partial charge in [0.25, 0.3) is 5.91 Å². The number of sulfone groups is 1. The van der Waals surface area contributed by atoms with Crippen LogP contribution < -0.4 is 26.6 Å². The molecule has 3 aliphatic rings. The molecule has 1 aromatic carbocycles. The van der Waals surface area contributed by atoms with Crippen molar-refractivity contribution in [3.8, 4) is 0 Å². The van der Waals surface area contributed by atoms with Gasteiger partial charge in [-0.3, -0.25) is 4.79 Å². The lowest BCUT2D eigenvalue weighted by Gasteiger charge is -2.40. The Labute approximate surface area is 228 Å².